The zero-order chi connectivity index (χ0) is 8.55. The Morgan fingerprint density at radius 1 is 1.50 bits per heavy atom. The predicted octanol–water partition coefficient (Wildman–Crippen LogP) is 0.0511. The Hall–Kier alpha value is -1.98. The monoisotopic (exact) mass is 164 g/mol. The number of hydrogen-bond donors (Lipinski definition) is 2. The molecule has 2 aromatic heterocycles. The summed E-state index contributed by atoms with van der Waals surface area (Å²) in [7, 11) is 0. The quantitative estimate of drug-likeness (QED) is 0.621. The minimum Gasteiger partial charge on any atom is -0.475 e. The minimum absolute atomic E-state index is 0.230. The lowest BCUT2D eigenvalue weighted by Crippen LogP contribution is -2.03. The molecule has 0 saturated carbocycles. The van der Waals surface area contributed by atoms with Gasteiger partial charge in [0, 0.05) is 0 Å². The van der Waals surface area contributed by atoms with Gasteiger partial charge >= 0.3 is 5.97 Å². The van der Waals surface area contributed by atoms with E-state index in [4.69, 9.17) is 5.11 Å². The first-order valence-electron chi connectivity index (χ1n) is 3.17. The van der Waals surface area contributed by atoms with Gasteiger partial charge in [-0.1, -0.05) is 0 Å². The van der Waals surface area contributed by atoms with E-state index in [1.165, 1.54) is 12.5 Å². The first-order chi connectivity index (χ1) is 5.77. The lowest BCUT2D eigenvalue weighted by atomic mass is 10.5. The van der Waals surface area contributed by atoms with Crippen LogP contribution in [-0.4, -0.2) is 31.0 Å². The number of fused-ring (bicyclic) bond motifs is 1. The zero-order valence-corrected chi connectivity index (χ0v) is 5.85. The maximum atomic E-state index is 10.4. The summed E-state index contributed by atoms with van der Waals surface area (Å²) in [4.78, 5) is 24.2. The van der Waals surface area contributed by atoms with Gasteiger partial charge in [-0.05, 0) is 0 Å². The van der Waals surface area contributed by atoms with Gasteiger partial charge in [-0.15, -0.1) is 0 Å². The van der Waals surface area contributed by atoms with Crippen LogP contribution in [0.2, 0.25) is 0 Å². The molecule has 0 unspecified atom stereocenters. The highest BCUT2D eigenvalue weighted by Crippen LogP contribution is 2.03. The van der Waals surface area contributed by atoms with Crippen LogP contribution in [0.25, 0.3) is 11.2 Å². The summed E-state index contributed by atoms with van der Waals surface area (Å²) in [6, 6.07) is 0. The first kappa shape index (κ1) is 6.71. The van der Waals surface area contributed by atoms with Crippen molar-refractivity contribution in [1.82, 2.24) is 19.9 Å². The number of hydrogen-bond acceptors (Lipinski definition) is 4. The van der Waals surface area contributed by atoms with Crippen molar-refractivity contribution >= 4 is 17.1 Å². The van der Waals surface area contributed by atoms with E-state index in [1.54, 1.807) is 0 Å². The smallest absolute Gasteiger partial charge is 0.374 e. The zero-order valence-electron chi connectivity index (χ0n) is 5.85. The highest BCUT2D eigenvalue weighted by atomic mass is 16.4. The second-order valence-electron chi connectivity index (χ2n) is 2.14. The maximum absolute atomic E-state index is 10.4. The summed E-state index contributed by atoms with van der Waals surface area (Å²) >= 11 is 0. The Morgan fingerprint density at radius 3 is 3.08 bits per heavy atom. The third-order valence-electron chi connectivity index (χ3n) is 1.37. The van der Waals surface area contributed by atoms with Crippen LogP contribution in [0.4, 0.5) is 0 Å². The fraction of sp³-hybridized carbons (Fsp3) is 0. The molecule has 6 nitrogen and oxygen atoms in total. The molecule has 0 bridgehead atoms. The van der Waals surface area contributed by atoms with E-state index < -0.39 is 5.97 Å². The van der Waals surface area contributed by atoms with Gasteiger partial charge in [0.1, 0.15) is 5.52 Å². The molecular weight excluding hydrogens is 160 g/mol. The van der Waals surface area contributed by atoms with Gasteiger partial charge in [0.15, 0.2) is 5.65 Å². The summed E-state index contributed by atoms with van der Waals surface area (Å²) in [5, 5.41) is 8.52. The molecule has 6 heteroatoms. The number of carbonyl (C=O) groups is 1. The van der Waals surface area contributed by atoms with Crippen LogP contribution < -0.4 is 0 Å². The maximum Gasteiger partial charge on any atom is 0.374 e. The Bertz CT molecular complexity index is 436. The van der Waals surface area contributed by atoms with Gasteiger partial charge in [-0.25, -0.2) is 19.7 Å². The van der Waals surface area contributed by atoms with E-state index in [-0.39, 0.29) is 5.82 Å². The molecule has 0 aliphatic carbocycles. The number of nitrogens with one attached hydrogen (secondary N) is 1. The Balaban J connectivity index is 2.68. The molecule has 0 fully saturated rings. The number of carboxylic acids is 1. The lowest BCUT2D eigenvalue weighted by molar-refractivity contribution is 0.0684. The number of carboxylic acid groups (broad SMARTS) is 1. The highest BCUT2D eigenvalue weighted by Gasteiger charge is 2.07. The summed E-state index contributed by atoms with van der Waals surface area (Å²) in [6.45, 7) is 0. The van der Waals surface area contributed by atoms with Crippen molar-refractivity contribution in [2.75, 3.05) is 0 Å². The topological polar surface area (TPSA) is 91.8 Å². The lowest BCUT2D eigenvalue weighted by Gasteiger charge is -1.90. The normalized spacial score (nSPS) is 10.3. The molecule has 2 heterocycles. The standard InChI is InChI=1S/C6H4N4O2/c11-6(12)5-7-1-3-4(10-5)9-2-8-3/h1-2H,(H,11,12)(H,7,8,9,10). The molecule has 2 rings (SSSR count). The molecule has 0 aliphatic rings. The molecule has 0 aliphatic heterocycles. The second kappa shape index (κ2) is 2.26. The van der Waals surface area contributed by atoms with Crippen molar-refractivity contribution in [3.05, 3.63) is 18.3 Å². The van der Waals surface area contributed by atoms with Gasteiger partial charge in [0.05, 0.1) is 12.5 Å². The van der Waals surface area contributed by atoms with Crippen LogP contribution in [0.3, 0.4) is 0 Å². The van der Waals surface area contributed by atoms with Crippen LogP contribution >= 0.6 is 0 Å². The van der Waals surface area contributed by atoms with Crippen LogP contribution in [0.5, 0.6) is 0 Å². The summed E-state index contributed by atoms with van der Waals surface area (Å²) < 4.78 is 0. The number of H-pyrrole nitrogens is 1. The molecule has 0 atom stereocenters. The summed E-state index contributed by atoms with van der Waals surface area (Å²) in [5.41, 5.74) is 0.988. The van der Waals surface area contributed by atoms with Crippen molar-refractivity contribution < 1.29 is 9.90 Å². The summed E-state index contributed by atoms with van der Waals surface area (Å²) in [6.07, 6.45) is 2.80. The highest BCUT2D eigenvalue weighted by molar-refractivity contribution is 5.85. The third kappa shape index (κ3) is 0.895. The molecule has 0 spiro atoms. The molecule has 2 aromatic rings. The fourth-order valence-corrected chi connectivity index (χ4v) is 0.842. The van der Waals surface area contributed by atoms with E-state index in [2.05, 4.69) is 19.9 Å². The molecule has 0 aromatic carbocycles. The number of nitrogens with zero attached hydrogens (tertiary/aromatic N) is 3. The Morgan fingerprint density at radius 2 is 2.33 bits per heavy atom. The van der Waals surface area contributed by atoms with Crippen molar-refractivity contribution in [3.8, 4) is 0 Å². The number of aromatic carboxylic acids is 1. The predicted molar refractivity (Wildman–Crippen MR) is 38.6 cm³/mol. The van der Waals surface area contributed by atoms with Crippen LogP contribution in [0.15, 0.2) is 12.5 Å². The number of rotatable bonds is 1. The Kier molecular flexibility index (Phi) is 1.26. The number of imidazole rings is 1. The fourth-order valence-electron chi connectivity index (χ4n) is 0.842. The van der Waals surface area contributed by atoms with Crippen molar-refractivity contribution in [2.24, 2.45) is 0 Å². The molecule has 0 amide bonds. The second-order valence-corrected chi connectivity index (χ2v) is 2.14. The van der Waals surface area contributed by atoms with E-state index in [9.17, 15) is 4.79 Å². The largest absolute Gasteiger partial charge is 0.475 e. The van der Waals surface area contributed by atoms with Gasteiger partial charge in [0.25, 0.3) is 0 Å². The van der Waals surface area contributed by atoms with Crippen molar-refractivity contribution in [2.45, 2.75) is 0 Å². The molecule has 60 valence electrons. The molecule has 0 radical (unpaired) electrons. The van der Waals surface area contributed by atoms with Gasteiger partial charge < -0.3 is 10.1 Å². The van der Waals surface area contributed by atoms with Crippen LogP contribution in [0.1, 0.15) is 10.6 Å². The van der Waals surface area contributed by atoms with Crippen molar-refractivity contribution in [1.29, 1.82) is 0 Å². The average molecular weight is 164 g/mol. The van der Waals surface area contributed by atoms with Crippen molar-refractivity contribution in [3.63, 3.8) is 0 Å². The first-order valence-corrected chi connectivity index (χ1v) is 3.17. The van der Waals surface area contributed by atoms with Gasteiger partial charge in [-0.2, -0.15) is 0 Å². The summed E-state index contributed by atoms with van der Waals surface area (Å²) in [5.74, 6) is -1.38. The van der Waals surface area contributed by atoms with E-state index in [0.29, 0.717) is 11.2 Å². The minimum atomic E-state index is -1.15. The molecule has 2 N–H and O–H groups in total. The number of aromatic nitrogens is 4. The molecule has 0 saturated heterocycles. The van der Waals surface area contributed by atoms with E-state index >= 15 is 0 Å². The average Bonchev–Trinajstić information content (AvgIpc) is 2.49. The SMILES string of the molecule is O=C(O)c1ncc2nc[nH]c2n1. The number of aromatic amines is 1. The van der Waals surface area contributed by atoms with E-state index in [1.807, 2.05) is 0 Å². The third-order valence-corrected chi connectivity index (χ3v) is 1.37. The van der Waals surface area contributed by atoms with Crippen LogP contribution in [-0.2, 0) is 0 Å². The Labute approximate surface area is 66.3 Å². The molecule has 12 heavy (non-hydrogen) atoms. The van der Waals surface area contributed by atoms with Crippen LogP contribution in [0, 0.1) is 0 Å². The molecular formula is C6H4N4O2. The van der Waals surface area contributed by atoms with E-state index in [0.717, 1.165) is 0 Å². The van der Waals surface area contributed by atoms with Gasteiger partial charge in [-0.3, -0.25) is 0 Å². The van der Waals surface area contributed by atoms with Gasteiger partial charge in [0.2, 0.25) is 5.82 Å².